The molecule has 0 amide bonds. The van der Waals surface area contributed by atoms with E-state index in [0.717, 1.165) is 42.9 Å². The predicted molar refractivity (Wildman–Crippen MR) is 80.1 cm³/mol. The average Bonchev–Trinajstić information content (AvgIpc) is 2.38. The van der Waals surface area contributed by atoms with Crippen LogP contribution in [0.25, 0.3) is 0 Å². The maximum Gasteiger partial charge on any atom is 0.328 e. The van der Waals surface area contributed by atoms with Gasteiger partial charge in [0, 0.05) is 26.2 Å². The van der Waals surface area contributed by atoms with Gasteiger partial charge in [0.2, 0.25) is 0 Å². The highest BCUT2D eigenvalue weighted by Gasteiger charge is 2.43. The number of piperazine rings is 1. The van der Waals surface area contributed by atoms with Crippen LogP contribution in [0.1, 0.15) is 29.2 Å². The molecular formula is C16H24N2O2. The Hall–Kier alpha value is -1.39. The molecule has 0 saturated carbocycles. The molecule has 0 aromatic heterocycles. The van der Waals surface area contributed by atoms with Crippen LogP contribution in [0.3, 0.4) is 0 Å². The second-order valence-electron chi connectivity index (χ2n) is 5.89. The first-order chi connectivity index (χ1) is 9.37. The summed E-state index contributed by atoms with van der Waals surface area (Å²) in [4.78, 5) is 14.1. The van der Waals surface area contributed by atoms with E-state index >= 15 is 0 Å². The molecule has 4 nitrogen and oxygen atoms in total. The van der Waals surface area contributed by atoms with Gasteiger partial charge < -0.3 is 10.4 Å². The van der Waals surface area contributed by atoms with Gasteiger partial charge in [-0.25, -0.2) is 4.79 Å². The fourth-order valence-electron chi connectivity index (χ4n) is 3.46. The second-order valence-corrected chi connectivity index (χ2v) is 5.89. The monoisotopic (exact) mass is 276 g/mol. The van der Waals surface area contributed by atoms with Crippen molar-refractivity contribution in [3.05, 3.63) is 34.4 Å². The van der Waals surface area contributed by atoms with E-state index in [1.165, 1.54) is 5.56 Å². The number of carboxylic acids is 1. The molecule has 1 heterocycles. The number of rotatable bonds is 3. The molecule has 1 aromatic carbocycles. The molecule has 1 aliphatic rings. The van der Waals surface area contributed by atoms with Gasteiger partial charge in [-0.3, -0.25) is 4.90 Å². The van der Waals surface area contributed by atoms with Crippen LogP contribution < -0.4 is 5.32 Å². The van der Waals surface area contributed by atoms with Crippen molar-refractivity contribution in [2.45, 2.75) is 33.2 Å². The molecule has 1 saturated heterocycles. The average molecular weight is 276 g/mol. The topological polar surface area (TPSA) is 52.6 Å². The third-order valence-corrected chi connectivity index (χ3v) is 4.33. The smallest absolute Gasteiger partial charge is 0.328 e. The van der Waals surface area contributed by atoms with E-state index < -0.39 is 11.5 Å². The van der Waals surface area contributed by atoms with Gasteiger partial charge in [0.25, 0.3) is 0 Å². The van der Waals surface area contributed by atoms with Gasteiger partial charge >= 0.3 is 5.97 Å². The minimum absolute atomic E-state index is 0.759. The Kier molecular flexibility index (Phi) is 4.16. The molecule has 0 radical (unpaired) electrons. The summed E-state index contributed by atoms with van der Waals surface area (Å²) in [6, 6.07) is 4.15. The summed E-state index contributed by atoms with van der Waals surface area (Å²) in [5, 5.41) is 13.2. The summed E-state index contributed by atoms with van der Waals surface area (Å²) in [7, 11) is 0. The lowest BCUT2D eigenvalue weighted by molar-refractivity contribution is -0.152. The zero-order chi connectivity index (χ0) is 14.9. The molecule has 110 valence electrons. The molecule has 20 heavy (non-hydrogen) atoms. The first-order valence-corrected chi connectivity index (χ1v) is 7.15. The fraction of sp³-hybridized carbons (Fsp3) is 0.562. The summed E-state index contributed by atoms with van der Waals surface area (Å²) in [5.74, 6) is -0.769. The zero-order valence-electron chi connectivity index (χ0n) is 12.8. The number of carbonyl (C=O) groups is 1. The van der Waals surface area contributed by atoms with E-state index in [-0.39, 0.29) is 0 Å². The van der Waals surface area contributed by atoms with E-state index in [9.17, 15) is 9.90 Å². The summed E-state index contributed by atoms with van der Waals surface area (Å²) < 4.78 is 0. The van der Waals surface area contributed by atoms with Crippen molar-refractivity contribution >= 4 is 5.97 Å². The molecule has 1 fully saturated rings. The summed E-state index contributed by atoms with van der Waals surface area (Å²) in [5.41, 5.74) is 3.29. The van der Waals surface area contributed by atoms with Crippen LogP contribution in [-0.4, -0.2) is 42.2 Å². The minimum atomic E-state index is -0.954. The Balaban J connectivity index is 2.55. The predicted octanol–water partition coefficient (Wildman–Crippen LogP) is 1.82. The molecule has 1 aliphatic heterocycles. The molecule has 1 atom stereocenters. The lowest BCUT2D eigenvalue weighted by atomic mass is 9.82. The quantitative estimate of drug-likeness (QED) is 0.884. The van der Waals surface area contributed by atoms with Crippen LogP contribution in [0.5, 0.6) is 0 Å². The Morgan fingerprint density at radius 3 is 2.15 bits per heavy atom. The number of hydrogen-bond acceptors (Lipinski definition) is 3. The van der Waals surface area contributed by atoms with Crippen molar-refractivity contribution in [2.24, 2.45) is 0 Å². The number of aryl methyl sites for hydroxylation is 3. The summed E-state index contributed by atoms with van der Waals surface area (Å²) >= 11 is 0. The summed E-state index contributed by atoms with van der Waals surface area (Å²) in [6.45, 7) is 11.1. The van der Waals surface area contributed by atoms with Crippen molar-refractivity contribution in [1.29, 1.82) is 0 Å². The molecule has 4 heteroatoms. The van der Waals surface area contributed by atoms with Gasteiger partial charge in [0.15, 0.2) is 0 Å². The van der Waals surface area contributed by atoms with Crippen LogP contribution in [-0.2, 0) is 10.3 Å². The largest absolute Gasteiger partial charge is 0.480 e. The van der Waals surface area contributed by atoms with Crippen molar-refractivity contribution in [3.63, 3.8) is 0 Å². The molecule has 0 spiro atoms. The van der Waals surface area contributed by atoms with Gasteiger partial charge in [0.05, 0.1) is 0 Å². The third kappa shape index (κ3) is 2.45. The van der Waals surface area contributed by atoms with Crippen LogP contribution in [0.4, 0.5) is 0 Å². The first-order valence-electron chi connectivity index (χ1n) is 7.15. The highest BCUT2D eigenvalue weighted by atomic mass is 16.4. The van der Waals surface area contributed by atoms with Crippen LogP contribution in [0.15, 0.2) is 12.1 Å². The van der Waals surface area contributed by atoms with E-state index in [1.54, 1.807) is 0 Å². The van der Waals surface area contributed by atoms with Gasteiger partial charge in [-0.05, 0) is 44.4 Å². The van der Waals surface area contributed by atoms with Gasteiger partial charge in [-0.15, -0.1) is 0 Å². The van der Waals surface area contributed by atoms with Crippen molar-refractivity contribution in [3.8, 4) is 0 Å². The zero-order valence-corrected chi connectivity index (χ0v) is 12.8. The van der Waals surface area contributed by atoms with Gasteiger partial charge in [-0.2, -0.15) is 0 Å². The Bertz CT molecular complexity index is 498. The second kappa shape index (κ2) is 5.54. The molecule has 0 bridgehead atoms. The van der Waals surface area contributed by atoms with Crippen LogP contribution in [0, 0.1) is 20.8 Å². The Labute approximate surface area is 120 Å². The SMILES string of the molecule is Cc1cc(C)c(C(C)(C(=O)O)N2CCNCC2)c(C)c1. The fourth-order valence-corrected chi connectivity index (χ4v) is 3.46. The maximum absolute atomic E-state index is 12.0. The number of aliphatic carboxylic acids is 1. The van der Waals surface area contributed by atoms with Crippen molar-refractivity contribution in [2.75, 3.05) is 26.2 Å². The summed E-state index contributed by atoms with van der Waals surface area (Å²) in [6.07, 6.45) is 0. The van der Waals surface area contributed by atoms with Crippen LogP contribution >= 0.6 is 0 Å². The van der Waals surface area contributed by atoms with E-state index in [4.69, 9.17) is 0 Å². The van der Waals surface area contributed by atoms with Crippen molar-refractivity contribution < 1.29 is 9.90 Å². The van der Waals surface area contributed by atoms with E-state index in [1.807, 2.05) is 27.7 Å². The molecule has 0 aliphatic carbocycles. The molecule has 2 N–H and O–H groups in total. The molecular weight excluding hydrogens is 252 g/mol. The normalized spacial score (nSPS) is 19.6. The molecule has 2 rings (SSSR count). The number of benzene rings is 1. The van der Waals surface area contributed by atoms with E-state index in [2.05, 4.69) is 22.3 Å². The maximum atomic E-state index is 12.0. The standard InChI is InChI=1S/C16H24N2O2/c1-11-9-12(2)14(13(3)10-11)16(4,15(19)20)18-7-5-17-6-8-18/h9-10,17H,5-8H2,1-4H3,(H,19,20). The number of nitrogens with one attached hydrogen (secondary N) is 1. The molecule has 1 unspecified atom stereocenters. The minimum Gasteiger partial charge on any atom is -0.480 e. The van der Waals surface area contributed by atoms with Crippen molar-refractivity contribution in [1.82, 2.24) is 10.2 Å². The highest BCUT2D eigenvalue weighted by molar-refractivity contribution is 5.81. The number of nitrogens with zero attached hydrogens (tertiary/aromatic N) is 1. The lowest BCUT2D eigenvalue weighted by Gasteiger charge is -2.42. The molecule has 1 aromatic rings. The highest BCUT2D eigenvalue weighted by Crippen LogP contribution is 2.34. The Morgan fingerprint density at radius 2 is 1.70 bits per heavy atom. The van der Waals surface area contributed by atoms with E-state index in [0.29, 0.717) is 0 Å². The third-order valence-electron chi connectivity index (χ3n) is 4.33. The van der Waals surface area contributed by atoms with Gasteiger partial charge in [0.1, 0.15) is 5.54 Å². The van der Waals surface area contributed by atoms with Crippen LogP contribution in [0.2, 0.25) is 0 Å². The van der Waals surface area contributed by atoms with Gasteiger partial charge in [-0.1, -0.05) is 17.7 Å². The number of hydrogen-bond donors (Lipinski definition) is 2. The Morgan fingerprint density at radius 1 is 1.20 bits per heavy atom. The first kappa shape index (κ1) is 15.0. The number of carboxylic acid groups (broad SMARTS) is 1. The lowest BCUT2D eigenvalue weighted by Crippen LogP contribution is -2.57.